The first-order chi connectivity index (χ1) is 9.19. The lowest BCUT2D eigenvalue weighted by atomic mass is 10.1. The number of nitrogens with one attached hydrogen (secondary N) is 2. The summed E-state index contributed by atoms with van der Waals surface area (Å²) >= 11 is 5.16. The Hall–Kier alpha value is -1.43. The molecule has 0 unspecified atom stereocenters. The Morgan fingerprint density at radius 1 is 1.32 bits per heavy atom. The van der Waals surface area contributed by atoms with Gasteiger partial charge in [0.05, 0.1) is 0 Å². The summed E-state index contributed by atoms with van der Waals surface area (Å²) < 4.78 is 0. The Bertz CT molecular complexity index is 443. The van der Waals surface area contributed by atoms with Gasteiger partial charge in [-0.25, -0.2) is 4.98 Å². The molecule has 1 fully saturated rings. The van der Waals surface area contributed by atoms with Crippen molar-refractivity contribution >= 4 is 29.1 Å². The SMILES string of the molecule is CCNC(=S)Nc1nc(C)cc(N2CCCCC2)n1. The Morgan fingerprint density at radius 3 is 2.74 bits per heavy atom. The van der Waals surface area contributed by atoms with Crippen molar-refractivity contribution in [2.75, 3.05) is 29.9 Å². The van der Waals surface area contributed by atoms with Gasteiger partial charge in [0.25, 0.3) is 0 Å². The van der Waals surface area contributed by atoms with Crippen molar-refractivity contribution in [2.24, 2.45) is 0 Å². The van der Waals surface area contributed by atoms with Crippen molar-refractivity contribution in [3.63, 3.8) is 0 Å². The van der Waals surface area contributed by atoms with Gasteiger partial charge in [0.1, 0.15) is 5.82 Å². The molecule has 0 atom stereocenters. The van der Waals surface area contributed by atoms with E-state index in [1.807, 2.05) is 19.9 Å². The molecule has 0 amide bonds. The van der Waals surface area contributed by atoms with Crippen molar-refractivity contribution in [3.05, 3.63) is 11.8 Å². The van der Waals surface area contributed by atoms with Crippen LogP contribution in [0.4, 0.5) is 11.8 Å². The highest BCUT2D eigenvalue weighted by Gasteiger charge is 2.14. The molecule has 0 radical (unpaired) electrons. The second kappa shape index (κ2) is 6.65. The minimum absolute atomic E-state index is 0.567. The van der Waals surface area contributed by atoms with Crippen LogP contribution in [-0.4, -0.2) is 34.7 Å². The highest BCUT2D eigenvalue weighted by Crippen LogP contribution is 2.19. The number of aromatic nitrogens is 2. The number of nitrogens with zero attached hydrogens (tertiary/aromatic N) is 3. The maximum Gasteiger partial charge on any atom is 0.231 e. The normalized spacial score (nSPS) is 15.2. The molecule has 0 saturated carbocycles. The third-order valence-corrected chi connectivity index (χ3v) is 3.33. The maximum absolute atomic E-state index is 5.16. The smallest absolute Gasteiger partial charge is 0.231 e. The first kappa shape index (κ1) is 14.0. The molecule has 1 aliphatic heterocycles. The summed E-state index contributed by atoms with van der Waals surface area (Å²) in [5, 5.41) is 6.64. The quantitative estimate of drug-likeness (QED) is 0.826. The van der Waals surface area contributed by atoms with Crippen LogP contribution in [0.1, 0.15) is 31.9 Å². The number of anilines is 2. The number of hydrogen-bond donors (Lipinski definition) is 2. The van der Waals surface area contributed by atoms with Crippen LogP contribution >= 0.6 is 12.2 Å². The van der Waals surface area contributed by atoms with Gasteiger partial charge in [0.15, 0.2) is 5.11 Å². The zero-order valence-electron chi connectivity index (χ0n) is 11.6. The van der Waals surface area contributed by atoms with Gasteiger partial charge in [0, 0.05) is 31.4 Å². The van der Waals surface area contributed by atoms with Crippen molar-refractivity contribution in [2.45, 2.75) is 33.1 Å². The van der Waals surface area contributed by atoms with E-state index in [1.54, 1.807) is 0 Å². The average molecular weight is 279 g/mol. The minimum Gasteiger partial charge on any atom is -0.363 e. The van der Waals surface area contributed by atoms with E-state index in [9.17, 15) is 0 Å². The van der Waals surface area contributed by atoms with Gasteiger partial charge in [-0.15, -0.1) is 0 Å². The molecule has 1 aliphatic rings. The highest BCUT2D eigenvalue weighted by molar-refractivity contribution is 7.80. The molecule has 1 saturated heterocycles. The molecule has 6 heteroatoms. The van der Waals surface area contributed by atoms with E-state index >= 15 is 0 Å². The molecule has 1 aromatic rings. The zero-order chi connectivity index (χ0) is 13.7. The third-order valence-electron chi connectivity index (χ3n) is 3.08. The van der Waals surface area contributed by atoms with E-state index in [-0.39, 0.29) is 0 Å². The lowest BCUT2D eigenvalue weighted by Crippen LogP contribution is -2.32. The second-order valence-electron chi connectivity index (χ2n) is 4.72. The molecule has 2 N–H and O–H groups in total. The number of rotatable bonds is 3. The molecule has 19 heavy (non-hydrogen) atoms. The maximum atomic E-state index is 5.16. The van der Waals surface area contributed by atoms with Gasteiger partial charge in [-0.05, 0) is 45.3 Å². The summed E-state index contributed by atoms with van der Waals surface area (Å²) in [5.74, 6) is 1.57. The number of thiocarbonyl (C=S) groups is 1. The van der Waals surface area contributed by atoms with Crippen molar-refractivity contribution in [3.8, 4) is 0 Å². The molecule has 1 aromatic heterocycles. The Morgan fingerprint density at radius 2 is 2.05 bits per heavy atom. The van der Waals surface area contributed by atoms with Gasteiger partial charge in [0.2, 0.25) is 5.95 Å². The average Bonchev–Trinajstić information content (AvgIpc) is 2.39. The molecule has 2 rings (SSSR count). The van der Waals surface area contributed by atoms with Crippen LogP contribution < -0.4 is 15.5 Å². The Kier molecular flexibility index (Phi) is 4.90. The van der Waals surface area contributed by atoms with Gasteiger partial charge >= 0.3 is 0 Å². The van der Waals surface area contributed by atoms with Crippen LogP contribution in [0, 0.1) is 6.92 Å². The molecular formula is C13H21N5S. The van der Waals surface area contributed by atoms with Gasteiger partial charge in [-0.1, -0.05) is 0 Å². The Labute approximate surface area is 119 Å². The van der Waals surface area contributed by atoms with Gasteiger partial charge in [-0.2, -0.15) is 4.98 Å². The van der Waals surface area contributed by atoms with Crippen molar-refractivity contribution in [1.82, 2.24) is 15.3 Å². The number of hydrogen-bond acceptors (Lipinski definition) is 4. The van der Waals surface area contributed by atoms with E-state index in [2.05, 4.69) is 25.5 Å². The topological polar surface area (TPSA) is 53.1 Å². The predicted octanol–water partition coefficient (Wildman–Crippen LogP) is 2.08. The van der Waals surface area contributed by atoms with Crippen LogP contribution in [-0.2, 0) is 0 Å². The molecule has 0 bridgehead atoms. The molecule has 0 aliphatic carbocycles. The largest absolute Gasteiger partial charge is 0.363 e. The first-order valence-corrected chi connectivity index (χ1v) is 7.25. The summed E-state index contributed by atoms with van der Waals surface area (Å²) in [6, 6.07) is 2.03. The third kappa shape index (κ3) is 4.02. The van der Waals surface area contributed by atoms with E-state index in [0.717, 1.165) is 31.1 Å². The fourth-order valence-corrected chi connectivity index (χ4v) is 2.43. The van der Waals surface area contributed by atoms with E-state index < -0.39 is 0 Å². The van der Waals surface area contributed by atoms with Crippen LogP contribution in [0.2, 0.25) is 0 Å². The fraction of sp³-hybridized carbons (Fsp3) is 0.615. The molecule has 2 heterocycles. The summed E-state index contributed by atoms with van der Waals surface area (Å²) in [6.45, 7) is 6.93. The lowest BCUT2D eigenvalue weighted by molar-refractivity contribution is 0.573. The highest BCUT2D eigenvalue weighted by atomic mass is 32.1. The first-order valence-electron chi connectivity index (χ1n) is 6.84. The van der Waals surface area contributed by atoms with Crippen LogP contribution in [0.3, 0.4) is 0 Å². The molecule has 0 aromatic carbocycles. The van der Waals surface area contributed by atoms with Crippen molar-refractivity contribution in [1.29, 1.82) is 0 Å². The lowest BCUT2D eigenvalue weighted by Gasteiger charge is -2.28. The van der Waals surface area contributed by atoms with Crippen LogP contribution in [0.15, 0.2) is 6.07 Å². The molecular weight excluding hydrogens is 258 g/mol. The van der Waals surface area contributed by atoms with Gasteiger partial charge in [-0.3, -0.25) is 0 Å². The monoisotopic (exact) mass is 279 g/mol. The van der Waals surface area contributed by atoms with Crippen molar-refractivity contribution < 1.29 is 0 Å². The van der Waals surface area contributed by atoms with E-state index in [4.69, 9.17) is 12.2 Å². The zero-order valence-corrected chi connectivity index (χ0v) is 12.4. The Balaban J connectivity index is 2.11. The molecule has 0 spiro atoms. The predicted molar refractivity (Wildman–Crippen MR) is 82.7 cm³/mol. The second-order valence-corrected chi connectivity index (χ2v) is 5.13. The molecule has 104 valence electrons. The number of piperidine rings is 1. The van der Waals surface area contributed by atoms with Crippen LogP contribution in [0.5, 0.6) is 0 Å². The van der Waals surface area contributed by atoms with E-state index in [1.165, 1.54) is 19.3 Å². The standard InChI is InChI=1S/C13H21N5S/c1-3-14-13(19)17-12-15-10(2)9-11(16-12)18-7-5-4-6-8-18/h9H,3-8H2,1-2H3,(H2,14,15,16,17,19). The van der Waals surface area contributed by atoms with Gasteiger partial charge < -0.3 is 15.5 Å². The number of aryl methyl sites for hydroxylation is 1. The van der Waals surface area contributed by atoms with Crippen LogP contribution in [0.25, 0.3) is 0 Å². The summed E-state index contributed by atoms with van der Waals surface area (Å²) in [4.78, 5) is 11.2. The summed E-state index contributed by atoms with van der Waals surface area (Å²) in [6.07, 6.45) is 3.79. The summed E-state index contributed by atoms with van der Waals surface area (Å²) in [5.41, 5.74) is 0.956. The summed E-state index contributed by atoms with van der Waals surface area (Å²) in [7, 11) is 0. The van der Waals surface area contributed by atoms with E-state index in [0.29, 0.717) is 11.1 Å². The minimum atomic E-state index is 0.567. The molecule has 5 nitrogen and oxygen atoms in total. The fourth-order valence-electron chi connectivity index (χ4n) is 2.20.